The van der Waals surface area contributed by atoms with Gasteiger partial charge in [-0.15, -0.1) is 0 Å². The SMILES string of the molecule is C=CC1=CC(=O)C[C@@](C)(C/C=C\C[Si](C)(C)C)[C@@H]1C. The molecule has 0 heterocycles. The van der Waals surface area contributed by atoms with Gasteiger partial charge < -0.3 is 0 Å². The summed E-state index contributed by atoms with van der Waals surface area (Å²) in [4.78, 5) is 11.8. The van der Waals surface area contributed by atoms with Crippen LogP contribution in [0.25, 0.3) is 0 Å². The van der Waals surface area contributed by atoms with Crippen LogP contribution in [0.5, 0.6) is 0 Å². The zero-order valence-corrected chi connectivity index (χ0v) is 14.1. The molecule has 2 atom stereocenters. The minimum absolute atomic E-state index is 0.0469. The third kappa shape index (κ3) is 4.61. The number of ketones is 1. The van der Waals surface area contributed by atoms with Crippen LogP contribution in [0.1, 0.15) is 26.7 Å². The Morgan fingerprint density at radius 3 is 2.58 bits per heavy atom. The van der Waals surface area contributed by atoms with Gasteiger partial charge in [0.15, 0.2) is 5.78 Å². The summed E-state index contributed by atoms with van der Waals surface area (Å²) in [6, 6.07) is 1.22. The molecule has 0 bridgehead atoms. The van der Waals surface area contributed by atoms with Crippen LogP contribution in [-0.2, 0) is 4.79 Å². The summed E-state index contributed by atoms with van der Waals surface area (Å²) in [7, 11) is -1.00. The van der Waals surface area contributed by atoms with Crippen molar-refractivity contribution in [1.82, 2.24) is 0 Å². The first kappa shape index (κ1) is 16.2. The quantitative estimate of drug-likeness (QED) is 0.510. The van der Waals surface area contributed by atoms with E-state index in [1.807, 2.05) is 6.08 Å². The van der Waals surface area contributed by atoms with Crippen LogP contribution in [-0.4, -0.2) is 13.9 Å². The third-order valence-corrected chi connectivity index (χ3v) is 5.63. The minimum atomic E-state index is -1.00. The van der Waals surface area contributed by atoms with E-state index >= 15 is 0 Å². The molecule has 0 radical (unpaired) electrons. The van der Waals surface area contributed by atoms with E-state index in [0.29, 0.717) is 12.3 Å². The van der Waals surface area contributed by atoms with Crippen LogP contribution in [0.3, 0.4) is 0 Å². The zero-order chi connectivity index (χ0) is 14.7. The zero-order valence-electron chi connectivity index (χ0n) is 13.1. The second kappa shape index (κ2) is 6.04. The molecule has 106 valence electrons. The van der Waals surface area contributed by atoms with Crippen LogP contribution in [0.15, 0.2) is 36.5 Å². The average molecular weight is 276 g/mol. The largest absolute Gasteiger partial charge is 0.295 e. The fraction of sp³-hybridized carbons (Fsp3) is 0.588. The number of carbonyl (C=O) groups is 1. The van der Waals surface area contributed by atoms with Crippen molar-refractivity contribution in [2.45, 2.75) is 52.4 Å². The summed E-state index contributed by atoms with van der Waals surface area (Å²) < 4.78 is 0. The first-order valence-electron chi connectivity index (χ1n) is 7.20. The van der Waals surface area contributed by atoms with E-state index < -0.39 is 8.07 Å². The smallest absolute Gasteiger partial charge is 0.156 e. The van der Waals surface area contributed by atoms with Gasteiger partial charge in [0.05, 0.1) is 0 Å². The van der Waals surface area contributed by atoms with Crippen molar-refractivity contribution >= 4 is 13.9 Å². The van der Waals surface area contributed by atoms with E-state index in [-0.39, 0.29) is 11.2 Å². The highest BCUT2D eigenvalue weighted by Crippen LogP contribution is 2.43. The highest BCUT2D eigenvalue weighted by Gasteiger charge is 2.36. The second-order valence-electron chi connectivity index (χ2n) is 7.31. The molecule has 1 aliphatic rings. The number of carbonyl (C=O) groups excluding carboxylic acids is 1. The maximum Gasteiger partial charge on any atom is 0.156 e. The molecule has 19 heavy (non-hydrogen) atoms. The van der Waals surface area contributed by atoms with Gasteiger partial charge in [0.1, 0.15) is 0 Å². The molecule has 2 heteroatoms. The van der Waals surface area contributed by atoms with E-state index in [0.717, 1.165) is 12.0 Å². The summed E-state index contributed by atoms with van der Waals surface area (Å²) >= 11 is 0. The standard InChI is InChI=1S/C17H28OSi/c1-7-15-12-16(18)13-17(3,14(15)2)10-8-9-11-19(4,5)6/h7-9,12,14H,1,10-11,13H2,2-6H3/b9-8-/t14-,17-/m1/s1. The Balaban J connectivity index is 2.73. The summed E-state index contributed by atoms with van der Waals surface area (Å²) in [6.07, 6.45) is 9.85. The molecule has 0 aliphatic heterocycles. The van der Waals surface area contributed by atoms with Crippen molar-refractivity contribution in [2.24, 2.45) is 11.3 Å². The lowest BCUT2D eigenvalue weighted by molar-refractivity contribution is -0.118. The van der Waals surface area contributed by atoms with Gasteiger partial charge in [0, 0.05) is 14.5 Å². The lowest BCUT2D eigenvalue weighted by Crippen LogP contribution is -2.32. The summed E-state index contributed by atoms with van der Waals surface area (Å²) in [6.45, 7) is 15.4. The lowest BCUT2D eigenvalue weighted by atomic mass is 9.65. The number of hydrogen-bond acceptors (Lipinski definition) is 1. The first-order valence-corrected chi connectivity index (χ1v) is 10.9. The van der Waals surface area contributed by atoms with E-state index in [2.05, 4.69) is 52.2 Å². The molecular formula is C17H28OSi. The van der Waals surface area contributed by atoms with Gasteiger partial charge in [0.2, 0.25) is 0 Å². The molecule has 0 unspecified atom stereocenters. The van der Waals surface area contributed by atoms with E-state index in [4.69, 9.17) is 0 Å². The molecule has 0 saturated carbocycles. The first-order chi connectivity index (χ1) is 8.68. The van der Waals surface area contributed by atoms with Crippen LogP contribution in [0, 0.1) is 11.3 Å². The fourth-order valence-electron chi connectivity index (χ4n) is 2.59. The van der Waals surface area contributed by atoms with Gasteiger partial charge in [-0.25, -0.2) is 0 Å². The van der Waals surface area contributed by atoms with Crippen molar-refractivity contribution in [1.29, 1.82) is 0 Å². The predicted molar refractivity (Wildman–Crippen MR) is 87.1 cm³/mol. The van der Waals surface area contributed by atoms with Gasteiger partial charge in [-0.3, -0.25) is 4.79 Å². The van der Waals surface area contributed by atoms with Gasteiger partial charge in [-0.05, 0) is 35.4 Å². The van der Waals surface area contributed by atoms with Gasteiger partial charge in [-0.2, -0.15) is 0 Å². The van der Waals surface area contributed by atoms with Gasteiger partial charge in [0.25, 0.3) is 0 Å². The van der Waals surface area contributed by atoms with Crippen molar-refractivity contribution in [3.05, 3.63) is 36.5 Å². The second-order valence-corrected chi connectivity index (χ2v) is 12.8. The van der Waals surface area contributed by atoms with Gasteiger partial charge >= 0.3 is 0 Å². The van der Waals surface area contributed by atoms with E-state index in [9.17, 15) is 4.79 Å². The van der Waals surface area contributed by atoms with Crippen LogP contribution >= 0.6 is 0 Å². The minimum Gasteiger partial charge on any atom is -0.295 e. The summed E-state index contributed by atoms with van der Waals surface area (Å²) in [5, 5.41) is 0. The Morgan fingerprint density at radius 2 is 2.05 bits per heavy atom. The normalized spacial score (nSPS) is 28.6. The molecule has 1 nitrogen and oxygen atoms in total. The molecule has 1 rings (SSSR count). The monoisotopic (exact) mass is 276 g/mol. The van der Waals surface area contributed by atoms with Crippen molar-refractivity contribution in [2.75, 3.05) is 0 Å². The highest BCUT2D eigenvalue weighted by atomic mass is 28.3. The predicted octanol–water partition coefficient (Wildman–Crippen LogP) is 5.00. The van der Waals surface area contributed by atoms with E-state index in [1.54, 1.807) is 6.08 Å². The van der Waals surface area contributed by atoms with Gasteiger partial charge in [-0.1, -0.05) is 58.3 Å². The molecule has 0 aromatic rings. The molecule has 0 amide bonds. The summed E-state index contributed by atoms with van der Waals surface area (Å²) in [5.41, 5.74) is 1.14. The Labute approximate surface area is 119 Å². The van der Waals surface area contributed by atoms with Crippen LogP contribution in [0.4, 0.5) is 0 Å². The van der Waals surface area contributed by atoms with Crippen molar-refractivity contribution in [3.8, 4) is 0 Å². The fourth-order valence-corrected chi connectivity index (χ4v) is 3.46. The van der Waals surface area contributed by atoms with E-state index in [1.165, 1.54) is 6.04 Å². The molecule has 0 spiro atoms. The Bertz CT molecular complexity index is 411. The Morgan fingerprint density at radius 1 is 1.42 bits per heavy atom. The molecular weight excluding hydrogens is 248 g/mol. The average Bonchev–Trinajstić information content (AvgIpc) is 2.28. The molecule has 0 saturated heterocycles. The summed E-state index contributed by atoms with van der Waals surface area (Å²) in [5.74, 6) is 0.647. The lowest BCUT2D eigenvalue weighted by Gasteiger charge is -2.38. The highest BCUT2D eigenvalue weighted by molar-refractivity contribution is 6.76. The van der Waals surface area contributed by atoms with Crippen LogP contribution in [0.2, 0.25) is 25.7 Å². The maximum absolute atomic E-state index is 11.8. The third-order valence-electron chi connectivity index (χ3n) is 4.17. The molecule has 0 N–H and O–H groups in total. The Hall–Kier alpha value is -0.893. The topological polar surface area (TPSA) is 17.1 Å². The van der Waals surface area contributed by atoms with Crippen molar-refractivity contribution in [3.63, 3.8) is 0 Å². The number of hydrogen-bond donors (Lipinski definition) is 0. The number of allylic oxidation sites excluding steroid dienone is 5. The Kier molecular flexibility index (Phi) is 5.14. The van der Waals surface area contributed by atoms with Crippen LogP contribution < -0.4 is 0 Å². The molecule has 0 aromatic heterocycles. The molecule has 0 fully saturated rings. The number of rotatable bonds is 5. The molecule has 1 aliphatic carbocycles. The maximum atomic E-state index is 11.8. The van der Waals surface area contributed by atoms with Crippen molar-refractivity contribution < 1.29 is 4.79 Å². The molecule has 0 aromatic carbocycles.